The highest BCUT2D eigenvalue weighted by Crippen LogP contribution is 2.35. The zero-order chi connectivity index (χ0) is 15.1. The molecule has 1 aliphatic heterocycles. The summed E-state index contributed by atoms with van der Waals surface area (Å²) < 4.78 is 10.9. The highest BCUT2D eigenvalue weighted by atomic mass is 35.5. The minimum Gasteiger partial charge on any atom is -0.497 e. The van der Waals surface area contributed by atoms with Gasteiger partial charge in [0.1, 0.15) is 11.5 Å². The summed E-state index contributed by atoms with van der Waals surface area (Å²) in [6, 6.07) is 6.64. The molecular weight excluding hydrogens is 335 g/mol. The molecule has 1 saturated heterocycles. The summed E-state index contributed by atoms with van der Waals surface area (Å²) in [7, 11) is 3.44. The van der Waals surface area contributed by atoms with Crippen LogP contribution in [0.3, 0.4) is 0 Å². The highest BCUT2D eigenvalue weighted by Gasteiger charge is 2.24. The fourth-order valence-corrected chi connectivity index (χ4v) is 3.02. The highest BCUT2D eigenvalue weighted by molar-refractivity contribution is 5.85. The van der Waals surface area contributed by atoms with E-state index in [1.165, 1.54) is 24.8 Å². The lowest BCUT2D eigenvalue weighted by atomic mass is 9.97. The summed E-state index contributed by atoms with van der Waals surface area (Å²) in [4.78, 5) is 2.58. The van der Waals surface area contributed by atoms with E-state index >= 15 is 0 Å². The maximum Gasteiger partial charge on any atom is 0.127 e. The van der Waals surface area contributed by atoms with Crippen LogP contribution in [0.1, 0.15) is 37.8 Å². The molecule has 1 fully saturated rings. The van der Waals surface area contributed by atoms with Crippen LogP contribution in [-0.2, 0) is 0 Å². The third kappa shape index (κ3) is 6.03. The van der Waals surface area contributed by atoms with E-state index in [-0.39, 0.29) is 24.8 Å². The first-order valence-electron chi connectivity index (χ1n) is 7.96. The first-order valence-corrected chi connectivity index (χ1v) is 7.96. The van der Waals surface area contributed by atoms with Crippen molar-refractivity contribution in [1.82, 2.24) is 10.2 Å². The molecule has 0 amide bonds. The summed E-state index contributed by atoms with van der Waals surface area (Å²) >= 11 is 0. The first-order chi connectivity index (χ1) is 10.3. The smallest absolute Gasteiger partial charge is 0.127 e. The van der Waals surface area contributed by atoms with Crippen LogP contribution >= 0.6 is 24.8 Å². The maximum atomic E-state index is 5.62. The van der Waals surface area contributed by atoms with E-state index in [0.29, 0.717) is 6.04 Å². The first kappa shape index (κ1) is 22.3. The molecule has 2 rings (SSSR count). The number of hydrogen-bond donors (Lipinski definition) is 1. The molecule has 4 nitrogen and oxygen atoms in total. The van der Waals surface area contributed by atoms with Gasteiger partial charge in [-0.05, 0) is 12.5 Å². The van der Waals surface area contributed by atoms with Gasteiger partial charge in [0.2, 0.25) is 0 Å². The van der Waals surface area contributed by atoms with Gasteiger partial charge < -0.3 is 14.8 Å². The molecule has 0 saturated carbocycles. The number of nitrogens with zero attached hydrogens (tertiary/aromatic N) is 1. The lowest BCUT2D eigenvalue weighted by Crippen LogP contribution is -2.45. The summed E-state index contributed by atoms with van der Waals surface area (Å²) in [5, 5.41) is 3.43. The summed E-state index contributed by atoms with van der Waals surface area (Å²) in [5.74, 6) is 1.79. The number of ether oxygens (including phenoxy) is 2. The van der Waals surface area contributed by atoms with Gasteiger partial charge in [-0.3, -0.25) is 4.90 Å². The molecule has 1 heterocycles. The minimum absolute atomic E-state index is 0. The number of rotatable bonds is 7. The molecule has 0 unspecified atom stereocenters. The molecule has 0 radical (unpaired) electrons. The normalized spacial score (nSPS) is 16.0. The van der Waals surface area contributed by atoms with Crippen molar-refractivity contribution < 1.29 is 9.47 Å². The Morgan fingerprint density at radius 3 is 2.39 bits per heavy atom. The van der Waals surface area contributed by atoms with E-state index in [4.69, 9.17) is 9.47 Å². The molecule has 23 heavy (non-hydrogen) atoms. The Morgan fingerprint density at radius 1 is 1.13 bits per heavy atom. The topological polar surface area (TPSA) is 33.7 Å². The molecule has 1 aromatic carbocycles. The Hall–Kier alpha value is -0.680. The van der Waals surface area contributed by atoms with Crippen LogP contribution in [0.15, 0.2) is 18.2 Å². The molecule has 0 aliphatic carbocycles. The van der Waals surface area contributed by atoms with Crippen LogP contribution in [0.5, 0.6) is 11.5 Å². The second-order valence-corrected chi connectivity index (χ2v) is 5.55. The fourth-order valence-electron chi connectivity index (χ4n) is 3.02. The predicted octanol–water partition coefficient (Wildman–Crippen LogP) is 3.68. The maximum absolute atomic E-state index is 5.62. The predicted molar refractivity (Wildman–Crippen MR) is 101 cm³/mol. The van der Waals surface area contributed by atoms with E-state index in [2.05, 4.69) is 23.2 Å². The van der Waals surface area contributed by atoms with Gasteiger partial charge in [0.15, 0.2) is 0 Å². The van der Waals surface area contributed by atoms with Crippen LogP contribution in [0.4, 0.5) is 0 Å². The Balaban J connectivity index is 0.00000242. The van der Waals surface area contributed by atoms with Crippen molar-refractivity contribution in [2.24, 2.45) is 0 Å². The fraction of sp³-hybridized carbons (Fsp3) is 0.647. The van der Waals surface area contributed by atoms with E-state index < -0.39 is 0 Å². The number of benzene rings is 1. The van der Waals surface area contributed by atoms with Crippen molar-refractivity contribution in [1.29, 1.82) is 0 Å². The number of piperazine rings is 1. The number of nitrogens with one attached hydrogen (secondary N) is 1. The average Bonchev–Trinajstić information content (AvgIpc) is 2.56. The number of unbranched alkanes of at least 4 members (excludes halogenated alkanes) is 1. The molecule has 1 N–H and O–H groups in total. The average molecular weight is 365 g/mol. The van der Waals surface area contributed by atoms with Gasteiger partial charge in [0.05, 0.1) is 14.2 Å². The van der Waals surface area contributed by atoms with Gasteiger partial charge >= 0.3 is 0 Å². The second kappa shape index (κ2) is 11.8. The van der Waals surface area contributed by atoms with Gasteiger partial charge in [-0.2, -0.15) is 0 Å². The van der Waals surface area contributed by atoms with Gasteiger partial charge in [-0.25, -0.2) is 0 Å². The van der Waals surface area contributed by atoms with Gasteiger partial charge in [0.25, 0.3) is 0 Å². The van der Waals surface area contributed by atoms with Crippen LogP contribution in [0.2, 0.25) is 0 Å². The molecule has 0 bridgehead atoms. The van der Waals surface area contributed by atoms with Gasteiger partial charge in [-0.15, -0.1) is 24.8 Å². The second-order valence-electron chi connectivity index (χ2n) is 5.55. The quantitative estimate of drug-likeness (QED) is 0.799. The Labute approximate surface area is 152 Å². The third-order valence-corrected chi connectivity index (χ3v) is 4.22. The largest absolute Gasteiger partial charge is 0.497 e. The molecular formula is C17H30Cl2N2O2. The van der Waals surface area contributed by atoms with Crippen LogP contribution in [0.25, 0.3) is 0 Å². The summed E-state index contributed by atoms with van der Waals surface area (Å²) in [5.41, 5.74) is 1.29. The van der Waals surface area contributed by atoms with Crippen molar-refractivity contribution in [2.75, 3.05) is 40.4 Å². The lowest BCUT2D eigenvalue weighted by Gasteiger charge is -2.36. The monoisotopic (exact) mass is 364 g/mol. The number of methoxy groups -OCH3 is 2. The Morgan fingerprint density at radius 2 is 1.83 bits per heavy atom. The van der Waals surface area contributed by atoms with Crippen molar-refractivity contribution in [3.63, 3.8) is 0 Å². The van der Waals surface area contributed by atoms with Crippen LogP contribution < -0.4 is 14.8 Å². The van der Waals surface area contributed by atoms with Crippen molar-refractivity contribution in [3.05, 3.63) is 23.8 Å². The van der Waals surface area contributed by atoms with E-state index in [1.807, 2.05) is 12.1 Å². The SMILES string of the molecule is CCCC[C@@H](c1ccc(OC)cc1OC)N1CCNCC1.Cl.Cl. The molecule has 134 valence electrons. The minimum atomic E-state index is 0. The third-order valence-electron chi connectivity index (χ3n) is 4.22. The van der Waals surface area contributed by atoms with Crippen molar-refractivity contribution in [3.8, 4) is 11.5 Å². The number of halogens is 2. The zero-order valence-electron chi connectivity index (χ0n) is 14.3. The molecule has 1 atom stereocenters. The number of hydrogen-bond acceptors (Lipinski definition) is 4. The molecule has 0 aromatic heterocycles. The van der Waals surface area contributed by atoms with Crippen LogP contribution in [0, 0.1) is 0 Å². The summed E-state index contributed by atoms with van der Waals surface area (Å²) in [6.45, 7) is 6.59. The molecule has 1 aliphatic rings. The molecule has 6 heteroatoms. The van der Waals surface area contributed by atoms with Crippen LogP contribution in [-0.4, -0.2) is 45.3 Å². The van der Waals surface area contributed by atoms with E-state index in [0.717, 1.165) is 37.7 Å². The Kier molecular flexibility index (Phi) is 11.4. The van der Waals surface area contributed by atoms with Crippen molar-refractivity contribution >= 4 is 24.8 Å². The van der Waals surface area contributed by atoms with Gasteiger partial charge in [0, 0.05) is 43.9 Å². The van der Waals surface area contributed by atoms with Gasteiger partial charge in [-0.1, -0.05) is 25.8 Å². The zero-order valence-corrected chi connectivity index (χ0v) is 16.0. The van der Waals surface area contributed by atoms with E-state index in [9.17, 15) is 0 Å². The standard InChI is InChI=1S/C17H28N2O2.2ClH/c1-4-5-6-16(19-11-9-18-10-12-19)15-8-7-14(20-2)13-17(15)21-3;;/h7-8,13,16,18H,4-6,9-12H2,1-3H3;2*1H/t16-;;/m0../s1. The molecule has 0 spiro atoms. The van der Waals surface area contributed by atoms with Crippen molar-refractivity contribution in [2.45, 2.75) is 32.2 Å². The summed E-state index contributed by atoms with van der Waals surface area (Å²) in [6.07, 6.45) is 3.64. The van der Waals surface area contributed by atoms with E-state index in [1.54, 1.807) is 14.2 Å². The molecule has 1 aromatic rings. The Bertz CT molecular complexity index is 441. The lowest BCUT2D eigenvalue weighted by molar-refractivity contribution is 0.160.